The van der Waals surface area contributed by atoms with Gasteiger partial charge in [0, 0.05) is 31.5 Å². The highest BCUT2D eigenvalue weighted by atomic mass is 19.1. The van der Waals surface area contributed by atoms with E-state index in [1.807, 2.05) is 0 Å². The Labute approximate surface area is 134 Å². The van der Waals surface area contributed by atoms with Crippen molar-refractivity contribution in [1.82, 2.24) is 4.90 Å². The van der Waals surface area contributed by atoms with Crippen LogP contribution in [0.4, 0.5) is 13.6 Å². The fraction of sp³-hybridized carbons (Fsp3) is 0.529. The van der Waals surface area contributed by atoms with E-state index in [-0.39, 0.29) is 25.2 Å². The summed E-state index contributed by atoms with van der Waals surface area (Å²) >= 11 is 0. The zero-order chi connectivity index (χ0) is 17.2. The normalized spacial score (nSPS) is 18.9. The third-order valence-electron chi connectivity index (χ3n) is 3.58. The Morgan fingerprint density at radius 3 is 2.43 bits per heavy atom. The minimum atomic E-state index is -0.674. The molecule has 1 heterocycles. The minimum absolute atomic E-state index is 0.00511. The van der Waals surface area contributed by atoms with E-state index in [9.17, 15) is 18.4 Å². The van der Waals surface area contributed by atoms with Crippen LogP contribution in [-0.4, -0.2) is 35.5 Å². The van der Waals surface area contributed by atoms with Gasteiger partial charge in [-0.3, -0.25) is 4.79 Å². The van der Waals surface area contributed by atoms with Crippen LogP contribution in [0.2, 0.25) is 0 Å². The van der Waals surface area contributed by atoms with Crippen LogP contribution in [0, 0.1) is 17.6 Å². The number of amides is 1. The van der Waals surface area contributed by atoms with Crippen molar-refractivity contribution < 1.29 is 23.1 Å². The van der Waals surface area contributed by atoms with E-state index in [4.69, 9.17) is 4.74 Å². The summed E-state index contributed by atoms with van der Waals surface area (Å²) in [5.41, 5.74) is -0.202. The van der Waals surface area contributed by atoms with Crippen molar-refractivity contribution in [3.8, 4) is 0 Å². The summed E-state index contributed by atoms with van der Waals surface area (Å²) in [4.78, 5) is 25.6. The Balaban J connectivity index is 2.06. The topological polar surface area (TPSA) is 46.6 Å². The number of halogens is 2. The Bertz CT molecular complexity index is 590. The lowest BCUT2D eigenvalue weighted by Crippen LogP contribution is -2.46. The Morgan fingerprint density at radius 1 is 1.26 bits per heavy atom. The summed E-state index contributed by atoms with van der Waals surface area (Å²) in [6.45, 7) is 5.82. The van der Waals surface area contributed by atoms with Crippen LogP contribution >= 0.6 is 0 Å². The van der Waals surface area contributed by atoms with Crippen molar-refractivity contribution >= 4 is 11.9 Å². The van der Waals surface area contributed by atoms with Crippen LogP contribution in [0.1, 0.15) is 32.8 Å². The van der Waals surface area contributed by atoms with E-state index in [0.717, 1.165) is 6.07 Å². The number of carbonyl (C=O) groups excluding carboxylic acids is 2. The number of nitrogens with zero attached hydrogens (tertiary/aromatic N) is 1. The predicted octanol–water partition coefficient (Wildman–Crippen LogP) is 3.33. The molecule has 0 bridgehead atoms. The van der Waals surface area contributed by atoms with Crippen molar-refractivity contribution in [1.29, 1.82) is 0 Å². The maximum atomic E-state index is 13.3. The molecule has 2 rings (SSSR count). The summed E-state index contributed by atoms with van der Waals surface area (Å²) in [6.07, 6.45) is -0.0467. The molecule has 0 aromatic heterocycles. The van der Waals surface area contributed by atoms with Crippen LogP contribution in [0.3, 0.4) is 0 Å². The van der Waals surface area contributed by atoms with E-state index in [0.29, 0.717) is 12.1 Å². The second kappa shape index (κ2) is 6.64. The van der Waals surface area contributed by atoms with Gasteiger partial charge in [0.05, 0.1) is 0 Å². The lowest BCUT2D eigenvalue weighted by atomic mass is 9.90. The van der Waals surface area contributed by atoms with E-state index >= 15 is 0 Å². The van der Waals surface area contributed by atoms with Crippen LogP contribution in [0.15, 0.2) is 18.2 Å². The largest absolute Gasteiger partial charge is 0.444 e. The molecule has 1 saturated heterocycles. The highest BCUT2D eigenvalue weighted by Gasteiger charge is 2.32. The number of carbonyl (C=O) groups is 2. The molecule has 4 nitrogen and oxygen atoms in total. The summed E-state index contributed by atoms with van der Waals surface area (Å²) < 4.78 is 31.8. The summed E-state index contributed by atoms with van der Waals surface area (Å²) in [5.74, 6) is -1.83. The van der Waals surface area contributed by atoms with Crippen LogP contribution in [0.25, 0.3) is 0 Å². The zero-order valence-corrected chi connectivity index (χ0v) is 13.6. The highest BCUT2D eigenvalue weighted by Crippen LogP contribution is 2.21. The molecule has 1 amide bonds. The first-order valence-corrected chi connectivity index (χ1v) is 7.59. The molecule has 0 saturated carbocycles. The number of hydrogen-bond donors (Lipinski definition) is 0. The molecule has 1 fully saturated rings. The van der Waals surface area contributed by atoms with Gasteiger partial charge in [0.15, 0.2) is 0 Å². The van der Waals surface area contributed by atoms with E-state index in [2.05, 4.69) is 0 Å². The van der Waals surface area contributed by atoms with Gasteiger partial charge < -0.3 is 9.64 Å². The highest BCUT2D eigenvalue weighted by molar-refractivity contribution is 5.84. The van der Waals surface area contributed by atoms with Crippen molar-refractivity contribution in [3.63, 3.8) is 0 Å². The van der Waals surface area contributed by atoms with Crippen molar-refractivity contribution in [2.45, 2.75) is 39.2 Å². The van der Waals surface area contributed by atoms with Gasteiger partial charge in [0.1, 0.15) is 23.0 Å². The number of ketones is 1. The molecule has 0 N–H and O–H groups in total. The SMILES string of the molecule is CC(C)(C)OC(=O)N1CCC(=O)C(Cc2cc(F)cc(F)c2)C1. The summed E-state index contributed by atoms with van der Waals surface area (Å²) in [6, 6.07) is 3.21. The first-order chi connectivity index (χ1) is 10.6. The summed E-state index contributed by atoms with van der Waals surface area (Å²) in [5, 5.41) is 0. The first kappa shape index (κ1) is 17.4. The fourth-order valence-electron chi connectivity index (χ4n) is 2.59. The molecule has 0 aliphatic carbocycles. The number of benzene rings is 1. The van der Waals surface area contributed by atoms with Crippen molar-refractivity contribution in [2.75, 3.05) is 13.1 Å². The quantitative estimate of drug-likeness (QED) is 0.838. The maximum Gasteiger partial charge on any atom is 0.410 e. The molecule has 1 aliphatic rings. The van der Waals surface area contributed by atoms with E-state index in [1.54, 1.807) is 20.8 Å². The van der Waals surface area contributed by atoms with Gasteiger partial charge in [-0.05, 0) is 44.9 Å². The molecular weight excluding hydrogens is 304 g/mol. The van der Waals surface area contributed by atoms with Gasteiger partial charge in [-0.1, -0.05) is 0 Å². The molecule has 6 heteroatoms. The second-order valence-corrected chi connectivity index (χ2v) is 6.82. The average Bonchev–Trinajstić information content (AvgIpc) is 2.38. The number of Topliss-reactive ketones (excluding diaryl/α,β-unsaturated/α-hetero) is 1. The van der Waals surface area contributed by atoms with Crippen molar-refractivity contribution in [2.24, 2.45) is 5.92 Å². The molecule has 1 unspecified atom stereocenters. The Morgan fingerprint density at radius 2 is 1.87 bits per heavy atom. The molecule has 1 aromatic rings. The average molecular weight is 325 g/mol. The number of piperidine rings is 1. The Kier molecular flexibility index (Phi) is 5.02. The van der Waals surface area contributed by atoms with Crippen LogP contribution in [0.5, 0.6) is 0 Å². The second-order valence-electron chi connectivity index (χ2n) is 6.82. The zero-order valence-electron chi connectivity index (χ0n) is 13.6. The van der Waals surface area contributed by atoms with Gasteiger partial charge in [-0.2, -0.15) is 0 Å². The molecule has 0 spiro atoms. The van der Waals surface area contributed by atoms with Gasteiger partial charge >= 0.3 is 6.09 Å². The number of hydrogen-bond acceptors (Lipinski definition) is 3. The van der Waals surface area contributed by atoms with E-state index < -0.39 is 29.2 Å². The molecular formula is C17H21F2NO3. The lowest BCUT2D eigenvalue weighted by molar-refractivity contribution is -0.125. The van der Waals surface area contributed by atoms with Gasteiger partial charge in [0.25, 0.3) is 0 Å². The van der Waals surface area contributed by atoms with Gasteiger partial charge in [-0.25, -0.2) is 13.6 Å². The van der Waals surface area contributed by atoms with Crippen molar-refractivity contribution in [3.05, 3.63) is 35.4 Å². The molecule has 0 radical (unpaired) electrons. The van der Waals surface area contributed by atoms with E-state index in [1.165, 1.54) is 17.0 Å². The van der Waals surface area contributed by atoms with Gasteiger partial charge in [-0.15, -0.1) is 0 Å². The fourth-order valence-corrected chi connectivity index (χ4v) is 2.59. The Hall–Kier alpha value is -1.98. The minimum Gasteiger partial charge on any atom is -0.444 e. The molecule has 126 valence electrons. The lowest BCUT2D eigenvalue weighted by Gasteiger charge is -2.33. The third kappa shape index (κ3) is 5.01. The first-order valence-electron chi connectivity index (χ1n) is 7.59. The molecule has 1 aromatic carbocycles. The monoisotopic (exact) mass is 325 g/mol. The number of ether oxygens (including phenoxy) is 1. The van der Waals surface area contributed by atoms with Crippen LogP contribution in [-0.2, 0) is 16.0 Å². The maximum absolute atomic E-state index is 13.3. The van der Waals surface area contributed by atoms with Gasteiger partial charge in [0.2, 0.25) is 0 Å². The predicted molar refractivity (Wildman–Crippen MR) is 81.0 cm³/mol. The number of likely N-dealkylation sites (tertiary alicyclic amines) is 1. The summed E-state index contributed by atoms with van der Waals surface area (Å²) in [7, 11) is 0. The van der Waals surface area contributed by atoms with Crippen LogP contribution < -0.4 is 0 Å². The molecule has 1 atom stereocenters. The third-order valence-corrected chi connectivity index (χ3v) is 3.58. The molecule has 1 aliphatic heterocycles. The number of rotatable bonds is 2. The molecule has 23 heavy (non-hydrogen) atoms. The standard InChI is InChI=1S/C17H21F2NO3/c1-17(2,3)23-16(22)20-5-4-15(21)12(10-20)6-11-7-13(18)9-14(19)8-11/h7-9,12H,4-6,10H2,1-3H3. The smallest absolute Gasteiger partial charge is 0.410 e.